The van der Waals surface area contributed by atoms with Crippen molar-refractivity contribution < 1.29 is 0 Å². The highest BCUT2D eigenvalue weighted by atomic mass is 127. The summed E-state index contributed by atoms with van der Waals surface area (Å²) >= 11 is 13.8. The van der Waals surface area contributed by atoms with Crippen LogP contribution in [0.2, 0.25) is 0 Å². The number of alkyl halides is 3. The van der Waals surface area contributed by atoms with Crippen LogP contribution in [0, 0.1) is 5.92 Å². The normalized spacial score (nSPS) is 32.6. The Bertz CT molecular complexity index is 92.4. The largest absolute Gasteiger partial charge is 0.121 e. The lowest BCUT2D eigenvalue weighted by molar-refractivity contribution is 0.806. The van der Waals surface area contributed by atoms with Crippen LogP contribution in [0.1, 0.15) is 12.8 Å². The Morgan fingerprint density at radius 3 is 2.25 bits per heavy atom. The summed E-state index contributed by atoms with van der Waals surface area (Å²) in [5, 5.41) is 0. The molecule has 0 unspecified atom stereocenters. The summed E-state index contributed by atoms with van der Waals surface area (Å²) in [5.74, 6) is 0.586. The van der Waals surface area contributed by atoms with Crippen LogP contribution in [0.25, 0.3) is 0 Å². The van der Waals surface area contributed by atoms with Crippen LogP contribution in [0.3, 0.4) is 0 Å². The van der Waals surface area contributed by atoms with Gasteiger partial charge in [0.1, 0.15) is 4.33 Å². The van der Waals surface area contributed by atoms with E-state index in [1.54, 1.807) is 0 Å². The van der Waals surface area contributed by atoms with Crippen molar-refractivity contribution in [3.05, 3.63) is 0 Å². The molecule has 1 fully saturated rings. The van der Waals surface area contributed by atoms with Gasteiger partial charge in [-0.05, 0) is 23.2 Å². The van der Waals surface area contributed by atoms with Crippen LogP contribution in [0.5, 0.6) is 0 Å². The number of hydrogen-bond acceptors (Lipinski definition) is 0. The Kier molecular flexibility index (Phi) is 2.32. The molecule has 0 nitrogen and oxygen atoms in total. The number of halogens is 3. The third-order valence-corrected chi connectivity index (χ3v) is 2.96. The molecule has 0 aromatic heterocycles. The van der Waals surface area contributed by atoms with Gasteiger partial charge in [-0.15, -0.1) is 23.2 Å². The van der Waals surface area contributed by atoms with Gasteiger partial charge in [0, 0.05) is 0 Å². The molecular formula is C5H7Cl2I. The second-order valence-corrected chi connectivity index (χ2v) is 4.76. The average Bonchev–Trinajstić information content (AvgIpc) is 2.15. The van der Waals surface area contributed by atoms with E-state index in [-0.39, 0.29) is 4.33 Å². The summed E-state index contributed by atoms with van der Waals surface area (Å²) in [7, 11) is 0. The Morgan fingerprint density at radius 2 is 2.12 bits per heavy atom. The van der Waals surface area contributed by atoms with Crippen LogP contribution in [0.4, 0.5) is 0 Å². The third kappa shape index (κ3) is 1.64. The average molecular weight is 265 g/mol. The summed E-state index contributed by atoms with van der Waals surface area (Å²) in [6, 6.07) is 0. The van der Waals surface area contributed by atoms with Crippen LogP contribution >= 0.6 is 45.8 Å². The van der Waals surface area contributed by atoms with Gasteiger partial charge < -0.3 is 0 Å². The topological polar surface area (TPSA) is 0 Å². The molecule has 3 heteroatoms. The van der Waals surface area contributed by atoms with Crippen LogP contribution in [0.15, 0.2) is 0 Å². The highest BCUT2D eigenvalue weighted by Crippen LogP contribution is 2.54. The second-order valence-electron chi connectivity index (χ2n) is 2.14. The maximum atomic E-state index is 5.75. The number of rotatable bonds is 2. The summed E-state index contributed by atoms with van der Waals surface area (Å²) in [5.41, 5.74) is 0. The second kappa shape index (κ2) is 2.51. The van der Waals surface area contributed by atoms with Crippen LogP contribution in [-0.2, 0) is 0 Å². The standard InChI is InChI=1S/C5H7Cl2I/c6-5(7)3-4(5)1-2-8/h4H,1-3H2/t4-/m0/s1. The quantitative estimate of drug-likeness (QED) is 0.531. The number of hydrogen-bond donors (Lipinski definition) is 0. The predicted molar refractivity (Wildman–Crippen MR) is 46.0 cm³/mol. The smallest absolute Gasteiger partial charge is 0.101 e. The van der Waals surface area contributed by atoms with E-state index in [4.69, 9.17) is 23.2 Å². The first kappa shape index (κ1) is 7.42. The fourth-order valence-corrected chi connectivity index (χ4v) is 2.06. The fourth-order valence-electron chi connectivity index (χ4n) is 0.715. The first-order valence-electron chi connectivity index (χ1n) is 2.60. The maximum absolute atomic E-state index is 5.75. The molecule has 0 spiro atoms. The van der Waals surface area contributed by atoms with Crippen molar-refractivity contribution in [2.75, 3.05) is 4.43 Å². The van der Waals surface area contributed by atoms with Gasteiger partial charge in [0.15, 0.2) is 0 Å². The zero-order valence-corrected chi connectivity index (χ0v) is 8.00. The Labute approximate surface area is 73.1 Å². The monoisotopic (exact) mass is 264 g/mol. The van der Waals surface area contributed by atoms with Gasteiger partial charge in [-0.2, -0.15) is 0 Å². The summed E-state index contributed by atoms with van der Waals surface area (Å²) in [4.78, 5) is 0. The molecule has 0 bridgehead atoms. The van der Waals surface area contributed by atoms with E-state index in [0.717, 1.165) is 6.42 Å². The Hall–Kier alpha value is 1.31. The molecule has 0 amide bonds. The van der Waals surface area contributed by atoms with Crippen LogP contribution in [-0.4, -0.2) is 8.76 Å². The SMILES string of the molecule is ClC1(Cl)C[C@@H]1CCI. The molecular weight excluding hydrogens is 258 g/mol. The summed E-state index contributed by atoms with van der Waals surface area (Å²) in [6.07, 6.45) is 2.17. The minimum absolute atomic E-state index is 0.342. The van der Waals surface area contributed by atoms with Crippen molar-refractivity contribution in [3.8, 4) is 0 Å². The molecule has 1 rings (SSSR count). The molecule has 1 aliphatic rings. The lowest BCUT2D eigenvalue weighted by Gasteiger charge is -1.92. The molecule has 0 aliphatic heterocycles. The first-order chi connectivity index (χ1) is 3.67. The van der Waals surface area contributed by atoms with Crippen molar-refractivity contribution in [1.82, 2.24) is 0 Å². The molecule has 1 atom stereocenters. The first-order valence-corrected chi connectivity index (χ1v) is 4.89. The van der Waals surface area contributed by atoms with Gasteiger partial charge in [-0.25, -0.2) is 0 Å². The van der Waals surface area contributed by atoms with E-state index < -0.39 is 0 Å². The van der Waals surface area contributed by atoms with Crippen molar-refractivity contribution >= 4 is 45.8 Å². The van der Waals surface area contributed by atoms with E-state index in [1.165, 1.54) is 10.8 Å². The molecule has 1 aliphatic carbocycles. The van der Waals surface area contributed by atoms with E-state index >= 15 is 0 Å². The molecule has 0 aromatic carbocycles. The van der Waals surface area contributed by atoms with Crippen molar-refractivity contribution in [3.63, 3.8) is 0 Å². The lowest BCUT2D eigenvalue weighted by atomic mass is 10.3. The van der Waals surface area contributed by atoms with E-state index in [1.807, 2.05) is 0 Å². The van der Waals surface area contributed by atoms with Gasteiger partial charge in [0.05, 0.1) is 0 Å². The van der Waals surface area contributed by atoms with Crippen LogP contribution < -0.4 is 0 Å². The Balaban J connectivity index is 2.17. The van der Waals surface area contributed by atoms with Gasteiger partial charge in [-0.1, -0.05) is 22.6 Å². The van der Waals surface area contributed by atoms with E-state index in [9.17, 15) is 0 Å². The van der Waals surface area contributed by atoms with Crippen molar-refractivity contribution in [1.29, 1.82) is 0 Å². The van der Waals surface area contributed by atoms with E-state index in [0.29, 0.717) is 5.92 Å². The van der Waals surface area contributed by atoms with Crippen molar-refractivity contribution in [2.45, 2.75) is 17.2 Å². The molecule has 48 valence electrons. The minimum atomic E-state index is -0.342. The van der Waals surface area contributed by atoms with E-state index in [2.05, 4.69) is 22.6 Å². The molecule has 1 saturated carbocycles. The van der Waals surface area contributed by atoms with Gasteiger partial charge >= 0.3 is 0 Å². The highest BCUT2D eigenvalue weighted by Gasteiger charge is 2.50. The molecule has 0 N–H and O–H groups in total. The molecule has 8 heavy (non-hydrogen) atoms. The third-order valence-electron chi connectivity index (χ3n) is 1.41. The zero-order valence-electron chi connectivity index (χ0n) is 4.33. The van der Waals surface area contributed by atoms with Gasteiger partial charge in [-0.3, -0.25) is 0 Å². The zero-order chi connectivity index (χ0) is 6.20. The maximum Gasteiger partial charge on any atom is 0.121 e. The Morgan fingerprint density at radius 1 is 1.62 bits per heavy atom. The van der Waals surface area contributed by atoms with Gasteiger partial charge in [0.2, 0.25) is 0 Å². The fraction of sp³-hybridized carbons (Fsp3) is 1.00. The van der Waals surface area contributed by atoms with Crippen molar-refractivity contribution in [2.24, 2.45) is 5.92 Å². The molecule has 0 saturated heterocycles. The summed E-state index contributed by atoms with van der Waals surface area (Å²) in [6.45, 7) is 0. The summed E-state index contributed by atoms with van der Waals surface area (Å²) < 4.78 is 0.828. The molecule has 0 heterocycles. The minimum Gasteiger partial charge on any atom is -0.101 e. The molecule has 0 aromatic rings. The predicted octanol–water partition coefficient (Wildman–Crippen LogP) is 3.01. The van der Waals surface area contributed by atoms with Gasteiger partial charge in [0.25, 0.3) is 0 Å². The highest BCUT2D eigenvalue weighted by molar-refractivity contribution is 14.1. The molecule has 0 radical (unpaired) electrons. The lowest BCUT2D eigenvalue weighted by Crippen LogP contribution is -1.89.